The van der Waals surface area contributed by atoms with Crippen molar-refractivity contribution in [1.29, 1.82) is 0 Å². The Kier molecular flexibility index (Phi) is 0.569. The van der Waals surface area contributed by atoms with Gasteiger partial charge in [-0.1, -0.05) is 24.2 Å². The molecule has 0 unspecified atom stereocenters. The highest BCUT2D eigenvalue weighted by molar-refractivity contribution is 5.77. The van der Waals surface area contributed by atoms with Crippen LogP contribution in [0.1, 0.15) is 5.48 Å². The monoisotopic (exact) mass is 133 g/mol. The minimum Gasteiger partial charge on any atom is -0.256 e. The molecular weight excluding hydrogens is 122 g/mol. The summed E-state index contributed by atoms with van der Waals surface area (Å²) in [5, 5.41) is 0.341. The van der Waals surface area contributed by atoms with E-state index >= 15 is 0 Å². The molecule has 0 fully saturated rings. The summed E-state index contributed by atoms with van der Waals surface area (Å²) in [6.45, 7) is 0. The Balaban J connectivity index is 2.99. The standard InChI is InChI=1S/C9H7N/c1-2-6-9-8(4-1)5-3-7-10-9/h1-7H/i3D,4D,5D,7D. The van der Waals surface area contributed by atoms with Crippen molar-refractivity contribution in [3.63, 3.8) is 0 Å². The van der Waals surface area contributed by atoms with E-state index < -0.39 is 0 Å². The largest absolute Gasteiger partial charge is 0.256 e. The maximum atomic E-state index is 7.60. The zero-order valence-corrected chi connectivity index (χ0v) is 5.18. The topological polar surface area (TPSA) is 12.9 Å². The third-order valence-electron chi connectivity index (χ3n) is 1.25. The molecule has 0 saturated heterocycles. The first-order chi connectivity index (χ1) is 6.61. The van der Waals surface area contributed by atoms with Crippen molar-refractivity contribution in [2.45, 2.75) is 0 Å². The second-order valence-electron chi connectivity index (χ2n) is 1.90. The molecule has 0 aliphatic heterocycles. The molecule has 0 atom stereocenters. The van der Waals surface area contributed by atoms with Gasteiger partial charge in [0.05, 0.1) is 11.0 Å². The van der Waals surface area contributed by atoms with Crippen LogP contribution in [0, 0.1) is 0 Å². The lowest BCUT2D eigenvalue weighted by molar-refractivity contribution is 1.41. The summed E-state index contributed by atoms with van der Waals surface area (Å²) >= 11 is 0. The van der Waals surface area contributed by atoms with E-state index in [1.807, 2.05) is 0 Å². The number of fused-ring (bicyclic) bond motifs is 1. The van der Waals surface area contributed by atoms with Crippen molar-refractivity contribution in [2.75, 3.05) is 0 Å². The SMILES string of the molecule is [2H]c1nc2cccc([2H])c2c([2H])c1[2H]. The summed E-state index contributed by atoms with van der Waals surface area (Å²) in [6.07, 6.45) is -0.215. The summed E-state index contributed by atoms with van der Waals surface area (Å²) in [7, 11) is 0. The fraction of sp³-hybridized carbons (Fsp3) is 0. The lowest BCUT2D eigenvalue weighted by Gasteiger charge is -1.91. The highest BCUT2D eigenvalue weighted by atomic mass is 14.6. The van der Waals surface area contributed by atoms with Gasteiger partial charge in [-0.05, 0) is 12.1 Å². The van der Waals surface area contributed by atoms with Gasteiger partial charge in [0.2, 0.25) is 0 Å². The number of benzene rings is 1. The highest BCUT2D eigenvalue weighted by Crippen LogP contribution is 2.07. The predicted octanol–water partition coefficient (Wildman–Crippen LogP) is 2.23. The Morgan fingerprint density at radius 2 is 2.30 bits per heavy atom. The van der Waals surface area contributed by atoms with E-state index in [1.54, 1.807) is 18.2 Å². The summed E-state index contributed by atoms with van der Waals surface area (Å²) < 4.78 is 29.9. The van der Waals surface area contributed by atoms with Crippen LogP contribution in [0.25, 0.3) is 10.9 Å². The molecule has 2 aromatic rings. The van der Waals surface area contributed by atoms with Crippen molar-refractivity contribution >= 4 is 10.9 Å². The molecule has 0 spiro atoms. The maximum absolute atomic E-state index is 7.60. The average Bonchev–Trinajstić information content (AvgIpc) is 2.14. The molecule has 0 bridgehead atoms. The van der Waals surface area contributed by atoms with Crippen molar-refractivity contribution in [1.82, 2.24) is 4.98 Å². The molecule has 2 rings (SSSR count). The van der Waals surface area contributed by atoms with Crippen molar-refractivity contribution in [2.24, 2.45) is 0 Å². The van der Waals surface area contributed by atoms with Crippen LogP contribution < -0.4 is 0 Å². The van der Waals surface area contributed by atoms with Crippen molar-refractivity contribution in [3.05, 3.63) is 42.5 Å². The molecule has 48 valence electrons. The number of aromatic nitrogens is 1. The van der Waals surface area contributed by atoms with Crippen LogP contribution in [0.3, 0.4) is 0 Å². The van der Waals surface area contributed by atoms with Crippen LogP contribution in [0.4, 0.5) is 0 Å². The zero-order chi connectivity index (χ0) is 10.3. The third kappa shape index (κ3) is 0.760. The smallest absolute Gasteiger partial charge is 0.0840 e. The van der Waals surface area contributed by atoms with Crippen molar-refractivity contribution in [3.8, 4) is 0 Å². The number of hydrogen-bond acceptors (Lipinski definition) is 1. The summed E-state index contributed by atoms with van der Waals surface area (Å²) in [5.41, 5.74) is 0.434. The first kappa shape index (κ1) is 2.70. The van der Waals surface area contributed by atoms with Crippen LogP contribution in [-0.2, 0) is 0 Å². The number of pyridine rings is 1. The van der Waals surface area contributed by atoms with E-state index in [9.17, 15) is 0 Å². The Morgan fingerprint density at radius 3 is 3.30 bits per heavy atom. The molecule has 1 aromatic carbocycles. The van der Waals surface area contributed by atoms with Gasteiger partial charge in [0.25, 0.3) is 0 Å². The Morgan fingerprint density at radius 1 is 1.30 bits per heavy atom. The molecular formula is C9H7N. The van der Waals surface area contributed by atoms with Crippen LogP contribution >= 0.6 is 0 Å². The van der Waals surface area contributed by atoms with E-state index in [0.717, 1.165) is 0 Å². The van der Waals surface area contributed by atoms with Crippen LogP contribution in [-0.4, -0.2) is 4.98 Å². The quantitative estimate of drug-likeness (QED) is 0.537. The van der Waals surface area contributed by atoms with Gasteiger partial charge in [0.15, 0.2) is 0 Å². The molecule has 0 radical (unpaired) electrons. The van der Waals surface area contributed by atoms with Gasteiger partial charge in [-0.2, -0.15) is 0 Å². The Bertz CT molecular complexity index is 510. The number of nitrogens with zero attached hydrogens (tertiary/aromatic N) is 1. The van der Waals surface area contributed by atoms with Crippen LogP contribution in [0.2, 0.25) is 0 Å². The maximum Gasteiger partial charge on any atom is 0.0840 e. The molecule has 1 heteroatoms. The molecule has 0 N–H and O–H groups in total. The lowest BCUT2D eigenvalue weighted by Crippen LogP contribution is -1.73. The molecule has 0 aliphatic rings. The average molecular weight is 133 g/mol. The van der Waals surface area contributed by atoms with Crippen LogP contribution in [0.5, 0.6) is 0 Å². The highest BCUT2D eigenvalue weighted by Gasteiger charge is 1.86. The number of hydrogen-bond donors (Lipinski definition) is 0. The predicted molar refractivity (Wildman–Crippen MR) is 41.7 cm³/mol. The third-order valence-corrected chi connectivity index (χ3v) is 1.25. The van der Waals surface area contributed by atoms with E-state index in [-0.39, 0.29) is 24.3 Å². The van der Waals surface area contributed by atoms with Gasteiger partial charge in [-0.15, -0.1) is 0 Å². The van der Waals surface area contributed by atoms with E-state index in [4.69, 9.17) is 5.48 Å². The van der Waals surface area contributed by atoms with Gasteiger partial charge >= 0.3 is 0 Å². The summed E-state index contributed by atoms with van der Waals surface area (Å²) in [4.78, 5) is 3.84. The van der Waals surface area contributed by atoms with Crippen molar-refractivity contribution < 1.29 is 5.48 Å². The van der Waals surface area contributed by atoms with Crippen LogP contribution in [0.15, 0.2) is 42.5 Å². The lowest BCUT2D eigenvalue weighted by atomic mass is 10.2. The minimum absolute atomic E-state index is 0.0920. The Hall–Kier alpha value is -1.37. The first-order valence-corrected chi connectivity index (χ1v) is 2.94. The fourth-order valence-electron chi connectivity index (χ4n) is 0.800. The van der Waals surface area contributed by atoms with Gasteiger partial charge in [0, 0.05) is 11.6 Å². The molecule has 10 heavy (non-hydrogen) atoms. The number of para-hydroxylation sites is 1. The summed E-state index contributed by atoms with van der Waals surface area (Å²) in [6, 6.07) is 4.70. The molecule has 1 heterocycles. The van der Waals surface area contributed by atoms with Gasteiger partial charge in [-0.3, -0.25) is 4.98 Å². The van der Waals surface area contributed by atoms with Gasteiger partial charge in [-0.25, -0.2) is 0 Å². The van der Waals surface area contributed by atoms with E-state index in [2.05, 4.69) is 4.98 Å². The summed E-state index contributed by atoms with van der Waals surface area (Å²) in [5.74, 6) is 0. The molecule has 1 nitrogen and oxygen atoms in total. The first-order valence-electron chi connectivity index (χ1n) is 4.94. The molecule has 0 amide bonds. The second kappa shape index (κ2) is 2.10. The Labute approximate surface area is 65.0 Å². The molecule has 0 saturated carbocycles. The zero-order valence-electron chi connectivity index (χ0n) is 9.18. The van der Waals surface area contributed by atoms with Gasteiger partial charge in [0.1, 0.15) is 0 Å². The molecule has 0 aliphatic carbocycles. The van der Waals surface area contributed by atoms with E-state index in [0.29, 0.717) is 10.9 Å². The number of rotatable bonds is 0. The van der Waals surface area contributed by atoms with Gasteiger partial charge < -0.3 is 0 Å². The van der Waals surface area contributed by atoms with E-state index in [1.165, 1.54) is 0 Å². The normalized spacial score (nSPS) is 15.6. The second-order valence-corrected chi connectivity index (χ2v) is 1.90. The fourth-order valence-corrected chi connectivity index (χ4v) is 0.800. The minimum atomic E-state index is -0.225. The molecule has 1 aromatic heterocycles.